The minimum atomic E-state index is -4.52. The van der Waals surface area contributed by atoms with Gasteiger partial charge in [-0.15, -0.1) is 0 Å². The van der Waals surface area contributed by atoms with Crippen LogP contribution in [0.3, 0.4) is 0 Å². The molecule has 0 fully saturated rings. The summed E-state index contributed by atoms with van der Waals surface area (Å²) in [4.78, 5) is 16.0. The molecule has 0 spiro atoms. The number of alkyl halides is 3. The number of aryl methyl sites for hydroxylation is 1. The van der Waals surface area contributed by atoms with Gasteiger partial charge in [0.2, 0.25) is 0 Å². The molecule has 2 aromatic rings. The molecule has 1 aliphatic carbocycles. The van der Waals surface area contributed by atoms with E-state index >= 15 is 0 Å². The van der Waals surface area contributed by atoms with Gasteiger partial charge < -0.3 is 10.1 Å². The van der Waals surface area contributed by atoms with Crippen molar-refractivity contribution in [1.82, 2.24) is 14.9 Å². The fourth-order valence-corrected chi connectivity index (χ4v) is 3.86. The van der Waals surface area contributed by atoms with Crippen molar-refractivity contribution in [2.24, 2.45) is 0 Å². The van der Waals surface area contributed by atoms with Crippen LogP contribution >= 0.6 is 11.8 Å². The number of halogens is 3. The van der Waals surface area contributed by atoms with Crippen molar-refractivity contribution in [2.75, 3.05) is 18.9 Å². The van der Waals surface area contributed by atoms with Crippen LogP contribution in [0.15, 0.2) is 35.5 Å². The van der Waals surface area contributed by atoms with Crippen molar-refractivity contribution in [3.05, 3.63) is 41.7 Å². The van der Waals surface area contributed by atoms with Gasteiger partial charge in [0.15, 0.2) is 11.8 Å². The summed E-state index contributed by atoms with van der Waals surface area (Å²) in [5, 5.41) is 3.16. The number of nitrogens with one attached hydrogen (secondary N) is 1. The number of hydrogen-bond donors (Lipinski definition) is 1. The average Bonchev–Trinajstić information content (AvgIpc) is 3.02. The summed E-state index contributed by atoms with van der Waals surface area (Å²) in [6.07, 6.45) is -1.42. The lowest BCUT2D eigenvalue weighted by molar-refractivity contribution is -0.160. The molecule has 0 atom stereocenters. The Bertz CT molecular complexity index is 778. The smallest absolute Gasteiger partial charge is 0.422 e. The zero-order valence-corrected chi connectivity index (χ0v) is 15.4. The normalized spacial score (nSPS) is 13.9. The van der Waals surface area contributed by atoms with E-state index in [0.717, 1.165) is 42.2 Å². The molecule has 146 valence electrons. The molecule has 0 aliphatic heterocycles. The molecular weight excluding hydrogens is 379 g/mol. The van der Waals surface area contributed by atoms with Crippen LogP contribution in [0.5, 0.6) is 0 Å². The number of imidazole rings is 1. The molecule has 1 aromatic carbocycles. The summed E-state index contributed by atoms with van der Waals surface area (Å²) in [7, 11) is 0. The largest absolute Gasteiger partial charge is 0.440 e. The molecule has 1 N–H and O–H groups in total. The third-order valence-corrected chi connectivity index (χ3v) is 5.03. The number of carbonyl (C=O) groups excluding carboxylic acids is 1. The zero-order chi connectivity index (χ0) is 19.3. The number of hydrogen-bond acceptors (Lipinski definition) is 4. The molecule has 5 nitrogen and oxygen atoms in total. The number of thioether (sulfide) groups is 1. The van der Waals surface area contributed by atoms with Gasteiger partial charge in [0.1, 0.15) is 0 Å². The standard InChI is InChI=1S/C18H20F3N3O2S/c19-18(20,21)12-26-17(25)22-10-11-27-16-23-14-8-4-5-9-15(14)24(16)13-6-2-1-3-7-13/h1-3,6-7H,4-5,8-12H2,(H,22,25). The van der Waals surface area contributed by atoms with Crippen molar-refractivity contribution in [3.63, 3.8) is 0 Å². The minimum absolute atomic E-state index is 0.188. The Kier molecular flexibility index (Phi) is 6.30. The van der Waals surface area contributed by atoms with Crippen molar-refractivity contribution >= 4 is 17.9 Å². The third kappa shape index (κ3) is 5.41. The second-order valence-corrected chi connectivity index (χ2v) is 7.19. The van der Waals surface area contributed by atoms with E-state index in [1.54, 1.807) is 0 Å². The Morgan fingerprint density at radius 3 is 2.70 bits per heavy atom. The first-order valence-corrected chi connectivity index (χ1v) is 9.69. The first kappa shape index (κ1) is 19.6. The number of nitrogens with zero attached hydrogens (tertiary/aromatic N) is 2. The van der Waals surface area contributed by atoms with E-state index in [1.165, 1.54) is 17.5 Å². The zero-order valence-electron chi connectivity index (χ0n) is 14.6. The molecule has 27 heavy (non-hydrogen) atoms. The second kappa shape index (κ2) is 8.69. The molecule has 1 heterocycles. The van der Waals surface area contributed by atoms with Gasteiger partial charge in [-0.2, -0.15) is 13.2 Å². The summed E-state index contributed by atoms with van der Waals surface area (Å²) in [6.45, 7) is -1.40. The summed E-state index contributed by atoms with van der Waals surface area (Å²) >= 11 is 1.46. The highest BCUT2D eigenvalue weighted by Crippen LogP contribution is 2.30. The van der Waals surface area contributed by atoms with E-state index in [1.807, 2.05) is 30.3 Å². The molecular formula is C18H20F3N3O2S. The Labute approximate surface area is 159 Å². The average molecular weight is 399 g/mol. The molecule has 0 saturated carbocycles. The Hall–Kier alpha value is -2.16. The van der Waals surface area contributed by atoms with Gasteiger partial charge >= 0.3 is 12.3 Å². The molecule has 1 aromatic heterocycles. The SMILES string of the molecule is O=C(NCCSc1nc2c(n1-c1ccccc1)CCCC2)OCC(F)(F)F. The van der Waals surface area contributed by atoms with Crippen LogP contribution in [0.1, 0.15) is 24.2 Å². The molecule has 9 heteroatoms. The molecule has 0 unspecified atom stereocenters. The Morgan fingerprint density at radius 2 is 1.96 bits per heavy atom. The topological polar surface area (TPSA) is 56.2 Å². The summed E-state index contributed by atoms with van der Waals surface area (Å²) in [5.41, 5.74) is 3.35. The van der Waals surface area contributed by atoms with E-state index < -0.39 is 18.9 Å². The van der Waals surface area contributed by atoms with Gasteiger partial charge in [-0.1, -0.05) is 30.0 Å². The first-order chi connectivity index (χ1) is 12.9. The molecule has 1 amide bonds. The summed E-state index contributed by atoms with van der Waals surface area (Å²) in [6, 6.07) is 9.94. The number of para-hydroxylation sites is 1. The maximum absolute atomic E-state index is 12.0. The molecule has 3 rings (SSSR count). The number of amides is 1. The molecule has 0 radical (unpaired) electrons. The minimum Gasteiger partial charge on any atom is -0.440 e. The van der Waals surface area contributed by atoms with Gasteiger partial charge in [-0.3, -0.25) is 4.57 Å². The quantitative estimate of drug-likeness (QED) is 0.586. The highest BCUT2D eigenvalue weighted by molar-refractivity contribution is 7.99. The lowest BCUT2D eigenvalue weighted by Crippen LogP contribution is -2.30. The van der Waals surface area contributed by atoms with E-state index in [-0.39, 0.29) is 6.54 Å². The number of alkyl carbamates (subject to hydrolysis) is 1. The van der Waals surface area contributed by atoms with Crippen LogP contribution in [0.2, 0.25) is 0 Å². The summed E-state index contributed by atoms with van der Waals surface area (Å²) < 4.78 is 42.3. The highest BCUT2D eigenvalue weighted by atomic mass is 32.2. The second-order valence-electron chi connectivity index (χ2n) is 6.13. The lowest BCUT2D eigenvalue weighted by atomic mass is 10.0. The van der Waals surface area contributed by atoms with Gasteiger partial charge in [0.25, 0.3) is 0 Å². The van der Waals surface area contributed by atoms with Gasteiger partial charge in [-0.05, 0) is 37.8 Å². The molecule has 0 saturated heterocycles. The van der Waals surface area contributed by atoms with Gasteiger partial charge in [0, 0.05) is 23.7 Å². The fourth-order valence-electron chi connectivity index (χ4n) is 2.95. The van der Waals surface area contributed by atoms with Crippen molar-refractivity contribution in [2.45, 2.75) is 37.0 Å². The van der Waals surface area contributed by atoms with Crippen molar-refractivity contribution in [1.29, 1.82) is 0 Å². The van der Waals surface area contributed by atoms with Crippen LogP contribution in [-0.4, -0.2) is 40.7 Å². The van der Waals surface area contributed by atoms with Gasteiger partial charge in [0.05, 0.1) is 5.69 Å². The molecule has 0 bridgehead atoms. The van der Waals surface area contributed by atoms with E-state index in [9.17, 15) is 18.0 Å². The number of ether oxygens (including phenoxy) is 1. The molecule has 1 aliphatic rings. The Balaban J connectivity index is 1.60. The maximum Gasteiger partial charge on any atom is 0.422 e. The lowest BCUT2D eigenvalue weighted by Gasteiger charge is -2.15. The number of benzene rings is 1. The third-order valence-electron chi connectivity index (χ3n) is 4.09. The van der Waals surface area contributed by atoms with E-state index in [0.29, 0.717) is 5.75 Å². The highest BCUT2D eigenvalue weighted by Gasteiger charge is 2.29. The maximum atomic E-state index is 12.0. The fraction of sp³-hybridized carbons (Fsp3) is 0.444. The predicted molar refractivity (Wildman–Crippen MR) is 96.3 cm³/mol. The van der Waals surface area contributed by atoms with Crippen LogP contribution < -0.4 is 5.32 Å². The van der Waals surface area contributed by atoms with Crippen LogP contribution in [0.25, 0.3) is 5.69 Å². The summed E-state index contributed by atoms with van der Waals surface area (Å²) in [5.74, 6) is 0.476. The Morgan fingerprint density at radius 1 is 1.22 bits per heavy atom. The van der Waals surface area contributed by atoms with E-state index in [2.05, 4.69) is 14.6 Å². The van der Waals surface area contributed by atoms with Crippen LogP contribution in [0.4, 0.5) is 18.0 Å². The van der Waals surface area contributed by atoms with Crippen LogP contribution in [-0.2, 0) is 17.6 Å². The predicted octanol–water partition coefficient (Wildman–Crippen LogP) is 4.13. The number of carbonyl (C=O) groups is 1. The van der Waals surface area contributed by atoms with Crippen molar-refractivity contribution in [3.8, 4) is 5.69 Å². The first-order valence-electron chi connectivity index (χ1n) is 8.70. The van der Waals surface area contributed by atoms with E-state index in [4.69, 9.17) is 4.98 Å². The van der Waals surface area contributed by atoms with Gasteiger partial charge in [-0.25, -0.2) is 9.78 Å². The number of aromatic nitrogens is 2. The number of fused-ring (bicyclic) bond motifs is 1. The van der Waals surface area contributed by atoms with Crippen LogP contribution in [0, 0.1) is 0 Å². The number of rotatable bonds is 6. The van der Waals surface area contributed by atoms with Crippen molar-refractivity contribution < 1.29 is 22.7 Å². The monoisotopic (exact) mass is 399 g/mol.